The number of rotatable bonds is 8. The average molecular weight is 449 g/mol. The predicted molar refractivity (Wildman–Crippen MR) is 123 cm³/mol. The van der Waals surface area contributed by atoms with Crippen molar-refractivity contribution in [2.75, 3.05) is 5.32 Å². The molecule has 0 saturated heterocycles. The van der Waals surface area contributed by atoms with E-state index in [4.69, 9.17) is 4.42 Å². The summed E-state index contributed by atoms with van der Waals surface area (Å²) >= 11 is 1.29. The van der Waals surface area contributed by atoms with Crippen molar-refractivity contribution in [2.45, 2.75) is 23.9 Å². The molecule has 1 N–H and O–H groups in total. The number of nitrogens with one attached hydrogen (secondary N) is 1. The Morgan fingerprint density at radius 3 is 2.59 bits per heavy atom. The van der Waals surface area contributed by atoms with E-state index in [1.165, 1.54) is 36.0 Å². The number of halogens is 1. The number of hydrogen-bond donors (Lipinski definition) is 1. The van der Waals surface area contributed by atoms with Gasteiger partial charge < -0.3 is 9.73 Å². The maximum atomic E-state index is 13.2. The summed E-state index contributed by atoms with van der Waals surface area (Å²) in [6.07, 6.45) is 3.36. The first-order valence-corrected chi connectivity index (χ1v) is 10.8. The molecule has 0 radical (unpaired) electrons. The molecule has 0 aliphatic heterocycles. The quantitative estimate of drug-likeness (QED) is 0.279. The number of allylic oxidation sites excluding steroid dienone is 1. The average Bonchev–Trinajstić information content (AvgIpc) is 3.40. The minimum atomic E-state index is -0.604. The molecule has 0 spiro atoms. The highest BCUT2D eigenvalue weighted by molar-refractivity contribution is 8.00. The lowest BCUT2D eigenvalue weighted by atomic mass is 10.1. The van der Waals surface area contributed by atoms with Crippen LogP contribution in [-0.2, 0) is 11.3 Å². The van der Waals surface area contributed by atoms with Crippen LogP contribution in [0.5, 0.6) is 0 Å². The second kappa shape index (κ2) is 9.65. The number of benzene rings is 2. The Labute approximate surface area is 189 Å². The minimum Gasteiger partial charge on any atom is -0.469 e. The van der Waals surface area contributed by atoms with Crippen molar-refractivity contribution in [1.82, 2.24) is 14.8 Å². The van der Waals surface area contributed by atoms with Gasteiger partial charge in [0.25, 0.3) is 0 Å². The molecule has 162 valence electrons. The highest BCUT2D eigenvalue weighted by atomic mass is 32.2. The molecule has 1 atom stereocenters. The van der Waals surface area contributed by atoms with Gasteiger partial charge in [-0.15, -0.1) is 16.8 Å². The number of carbonyl (C=O) groups excluding carboxylic acids is 1. The van der Waals surface area contributed by atoms with E-state index < -0.39 is 5.25 Å². The Morgan fingerprint density at radius 1 is 1.19 bits per heavy atom. The standard InChI is InChI=1S/C24H21FN4O2S/c1-3-14-29-22(20-13-15-31-16(20)2)27-28-24(29)32-21(17-7-5-4-6-8-17)23(30)26-19-11-9-18(25)10-12-19/h3-13,15,21H,1,14H2,2H3,(H,26,30). The fourth-order valence-corrected chi connectivity index (χ4v) is 4.28. The Morgan fingerprint density at radius 2 is 1.94 bits per heavy atom. The Kier molecular flexibility index (Phi) is 6.51. The van der Waals surface area contributed by atoms with Gasteiger partial charge in [0, 0.05) is 12.2 Å². The highest BCUT2D eigenvalue weighted by Crippen LogP contribution is 2.37. The molecule has 0 aliphatic rings. The minimum absolute atomic E-state index is 0.248. The summed E-state index contributed by atoms with van der Waals surface area (Å²) in [7, 11) is 0. The van der Waals surface area contributed by atoms with Gasteiger partial charge in [-0.2, -0.15) is 0 Å². The Hall–Kier alpha value is -3.65. The first-order chi connectivity index (χ1) is 15.6. The molecule has 2 aromatic carbocycles. The van der Waals surface area contributed by atoms with Gasteiger partial charge in [0.1, 0.15) is 16.8 Å². The van der Waals surface area contributed by atoms with Crippen molar-refractivity contribution < 1.29 is 13.6 Å². The molecular weight excluding hydrogens is 427 g/mol. The van der Waals surface area contributed by atoms with Crippen molar-refractivity contribution in [3.63, 3.8) is 0 Å². The van der Waals surface area contributed by atoms with Gasteiger partial charge in [-0.1, -0.05) is 48.2 Å². The van der Waals surface area contributed by atoms with Crippen LogP contribution in [-0.4, -0.2) is 20.7 Å². The summed E-state index contributed by atoms with van der Waals surface area (Å²) in [6, 6.07) is 16.9. The van der Waals surface area contributed by atoms with E-state index in [1.807, 2.05) is 47.9 Å². The number of anilines is 1. The third-order valence-corrected chi connectivity index (χ3v) is 6.04. The molecule has 2 aromatic heterocycles. The summed E-state index contributed by atoms with van der Waals surface area (Å²) < 4.78 is 20.6. The Balaban J connectivity index is 1.68. The monoisotopic (exact) mass is 448 g/mol. The molecule has 2 heterocycles. The van der Waals surface area contributed by atoms with Crippen molar-refractivity contribution in [3.05, 3.63) is 96.7 Å². The molecule has 0 bridgehead atoms. The van der Waals surface area contributed by atoms with Crippen LogP contribution in [0.15, 0.2) is 89.2 Å². The molecule has 0 saturated carbocycles. The number of aryl methyl sites for hydroxylation is 1. The largest absolute Gasteiger partial charge is 0.469 e. The number of amides is 1. The van der Waals surface area contributed by atoms with Crippen LogP contribution >= 0.6 is 11.8 Å². The number of thioether (sulfide) groups is 1. The number of hydrogen-bond acceptors (Lipinski definition) is 5. The van der Waals surface area contributed by atoms with Gasteiger partial charge >= 0.3 is 0 Å². The smallest absolute Gasteiger partial charge is 0.242 e. The molecule has 8 heteroatoms. The fourth-order valence-electron chi connectivity index (χ4n) is 3.23. The van der Waals surface area contributed by atoms with Crippen LogP contribution in [0.25, 0.3) is 11.4 Å². The zero-order valence-corrected chi connectivity index (χ0v) is 18.2. The van der Waals surface area contributed by atoms with Crippen molar-refractivity contribution in [3.8, 4) is 11.4 Å². The normalized spacial score (nSPS) is 11.8. The second-order valence-corrected chi connectivity index (χ2v) is 8.07. The number of aromatic nitrogens is 3. The molecule has 32 heavy (non-hydrogen) atoms. The van der Waals surface area contributed by atoms with Crippen LogP contribution < -0.4 is 5.32 Å². The SMILES string of the molecule is C=CCn1c(SC(C(=O)Nc2ccc(F)cc2)c2ccccc2)nnc1-c1ccoc1C. The van der Waals surface area contributed by atoms with Gasteiger partial charge in [-0.25, -0.2) is 4.39 Å². The molecule has 1 amide bonds. The van der Waals surface area contributed by atoms with E-state index in [0.29, 0.717) is 23.2 Å². The molecule has 0 aliphatic carbocycles. The van der Waals surface area contributed by atoms with Crippen LogP contribution in [0.2, 0.25) is 0 Å². The van der Waals surface area contributed by atoms with Gasteiger partial charge in [0.05, 0.1) is 11.8 Å². The number of carbonyl (C=O) groups is 1. The first kappa shape index (κ1) is 21.6. The molecular formula is C24H21FN4O2S. The third kappa shape index (κ3) is 4.65. The van der Waals surface area contributed by atoms with E-state index in [0.717, 1.165) is 16.9 Å². The van der Waals surface area contributed by atoms with E-state index in [2.05, 4.69) is 22.1 Å². The van der Waals surface area contributed by atoms with E-state index >= 15 is 0 Å². The maximum absolute atomic E-state index is 13.2. The van der Waals surface area contributed by atoms with Crippen LogP contribution in [0.3, 0.4) is 0 Å². The van der Waals surface area contributed by atoms with Crippen molar-refractivity contribution in [2.24, 2.45) is 0 Å². The summed E-state index contributed by atoms with van der Waals surface area (Å²) in [4.78, 5) is 13.2. The summed E-state index contributed by atoms with van der Waals surface area (Å²) in [5, 5.41) is 11.5. The topological polar surface area (TPSA) is 73.0 Å². The van der Waals surface area contributed by atoms with Crippen molar-refractivity contribution >= 4 is 23.4 Å². The third-order valence-electron chi connectivity index (χ3n) is 4.80. The zero-order chi connectivity index (χ0) is 22.5. The highest BCUT2D eigenvalue weighted by Gasteiger charge is 2.26. The van der Waals surface area contributed by atoms with Crippen LogP contribution in [0.1, 0.15) is 16.6 Å². The molecule has 4 aromatic rings. The lowest BCUT2D eigenvalue weighted by molar-refractivity contribution is -0.115. The van der Waals surface area contributed by atoms with Crippen LogP contribution in [0.4, 0.5) is 10.1 Å². The predicted octanol–water partition coefficient (Wildman–Crippen LogP) is 5.64. The molecule has 1 unspecified atom stereocenters. The Bertz CT molecular complexity index is 1220. The molecule has 4 rings (SSSR count). The molecule has 6 nitrogen and oxygen atoms in total. The van der Waals surface area contributed by atoms with Gasteiger partial charge in [0.2, 0.25) is 5.91 Å². The van der Waals surface area contributed by atoms with Crippen LogP contribution in [0, 0.1) is 12.7 Å². The number of nitrogens with zero attached hydrogens (tertiary/aromatic N) is 3. The van der Waals surface area contributed by atoms with E-state index in [1.54, 1.807) is 12.3 Å². The first-order valence-electron chi connectivity index (χ1n) is 9.93. The summed E-state index contributed by atoms with van der Waals surface area (Å²) in [6.45, 7) is 6.17. The zero-order valence-electron chi connectivity index (χ0n) is 17.4. The maximum Gasteiger partial charge on any atom is 0.242 e. The van der Waals surface area contributed by atoms with Gasteiger partial charge in [-0.3, -0.25) is 9.36 Å². The molecule has 0 fully saturated rings. The number of furan rings is 1. The second-order valence-electron chi connectivity index (χ2n) is 7.00. The summed E-state index contributed by atoms with van der Waals surface area (Å²) in [5.74, 6) is 0.760. The van der Waals surface area contributed by atoms with E-state index in [9.17, 15) is 9.18 Å². The fraction of sp³-hybridized carbons (Fsp3) is 0.125. The van der Waals surface area contributed by atoms with Crippen molar-refractivity contribution in [1.29, 1.82) is 0 Å². The van der Waals surface area contributed by atoms with Gasteiger partial charge in [-0.05, 0) is 42.8 Å². The van der Waals surface area contributed by atoms with Gasteiger partial charge in [0.15, 0.2) is 11.0 Å². The summed E-state index contributed by atoms with van der Waals surface area (Å²) in [5.41, 5.74) is 2.16. The van der Waals surface area contributed by atoms with E-state index in [-0.39, 0.29) is 11.7 Å². The lowest BCUT2D eigenvalue weighted by Gasteiger charge is -2.17. The lowest BCUT2D eigenvalue weighted by Crippen LogP contribution is -2.19.